The Morgan fingerprint density at radius 3 is 2.45 bits per heavy atom. The van der Waals surface area contributed by atoms with Crippen LogP contribution in [0.4, 0.5) is 5.69 Å². The molecule has 1 aliphatic rings. The van der Waals surface area contributed by atoms with Gasteiger partial charge in [-0.25, -0.2) is 14.6 Å². The number of hydrogen-bond acceptors (Lipinski definition) is 6. The lowest BCUT2D eigenvalue weighted by Gasteiger charge is -2.19. The third kappa shape index (κ3) is 4.59. The Morgan fingerprint density at radius 1 is 0.842 bits per heavy atom. The van der Waals surface area contributed by atoms with E-state index in [0.717, 1.165) is 46.2 Å². The van der Waals surface area contributed by atoms with E-state index >= 15 is 0 Å². The Labute approximate surface area is 222 Å². The van der Waals surface area contributed by atoms with Gasteiger partial charge in [-0.05, 0) is 35.2 Å². The van der Waals surface area contributed by atoms with Gasteiger partial charge in [-0.1, -0.05) is 57.2 Å². The fourth-order valence-corrected chi connectivity index (χ4v) is 4.56. The average molecular weight is 503 g/mol. The highest BCUT2D eigenvalue weighted by atomic mass is 16.5. The molecular formula is C31H30N6O. The van der Waals surface area contributed by atoms with Crippen molar-refractivity contribution >= 4 is 16.7 Å². The van der Waals surface area contributed by atoms with E-state index in [1.54, 1.807) is 6.20 Å². The zero-order valence-corrected chi connectivity index (χ0v) is 22.0. The summed E-state index contributed by atoms with van der Waals surface area (Å²) in [5.74, 6) is 2.13. The van der Waals surface area contributed by atoms with Gasteiger partial charge < -0.3 is 14.5 Å². The van der Waals surface area contributed by atoms with Crippen LogP contribution in [0.1, 0.15) is 26.3 Å². The first-order valence-corrected chi connectivity index (χ1v) is 12.7. The molecule has 190 valence electrons. The molecule has 0 fully saturated rings. The Hall–Kier alpha value is -4.65. The fraction of sp³-hybridized carbons (Fsp3) is 0.194. The quantitative estimate of drug-likeness (QED) is 0.265. The van der Waals surface area contributed by atoms with E-state index < -0.39 is 0 Å². The van der Waals surface area contributed by atoms with E-state index in [1.165, 1.54) is 5.56 Å². The minimum atomic E-state index is -0.0141. The molecule has 0 unspecified atom stereocenters. The molecule has 0 atom stereocenters. The molecule has 0 spiro atoms. The molecule has 38 heavy (non-hydrogen) atoms. The monoisotopic (exact) mass is 502 g/mol. The van der Waals surface area contributed by atoms with E-state index in [1.807, 2.05) is 65.5 Å². The van der Waals surface area contributed by atoms with Crippen LogP contribution in [0.15, 0.2) is 97.6 Å². The van der Waals surface area contributed by atoms with Gasteiger partial charge in [0.05, 0.1) is 18.4 Å². The molecule has 7 heteroatoms. The smallest absolute Gasteiger partial charge is 0.154 e. The average Bonchev–Trinajstić information content (AvgIpc) is 3.53. The molecular weight excluding hydrogens is 472 g/mol. The first kappa shape index (κ1) is 23.7. The van der Waals surface area contributed by atoms with E-state index in [-0.39, 0.29) is 5.41 Å². The predicted molar refractivity (Wildman–Crippen MR) is 152 cm³/mol. The molecule has 3 aromatic heterocycles. The fourth-order valence-electron chi connectivity index (χ4n) is 4.56. The molecule has 2 aromatic carbocycles. The number of ether oxygens (including phenoxy) is 1. The van der Waals surface area contributed by atoms with Gasteiger partial charge in [-0.2, -0.15) is 5.10 Å². The summed E-state index contributed by atoms with van der Waals surface area (Å²) >= 11 is 0. The third-order valence-corrected chi connectivity index (χ3v) is 6.63. The van der Waals surface area contributed by atoms with Gasteiger partial charge >= 0.3 is 0 Å². The second kappa shape index (κ2) is 9.34. The minimum absolute atomic E-state index is 0.0141. The number of hydrogen-bond donors (Lipinski definition) is 0. The van der Waals surface area contributed by atoms with Crippen LogP contribution >= 0.6 is 0 Å². The SMILES string of the molecule is CN1C=CN(c2cccc(Oc3cnc4c(-c5ccccc5)nn(-c5cc(C(C)(C)C)ccn5)c4c3)c2)C1. The van der Waals surface area contributed by atoms with Crippen molar-refractivity contribution in [3.63, 3.8) is 0 Å². The number of benzene rings is 2. The standard InChI is InChI=1S/C31H30N6O/c1-31(2,3)23-13-14-32-28(17-23)37-27-19-26(20-33-30(27)29(34-37)22-9-6-5-7-10-22)38-25-12-8-11-24(18-25)36-16-15-35(4)21-36/h5-20H,21H2,1-4H3. The molecule has 7 nitrogen and oxygen atoms in total. The van der Waals surface area contributed by atoms with Crippen molar-refractivity contribution in [1.29, 1.82) is 0 Å². The lowest BCUT2D eigenvalue weighted by Crippen LogP contribution is -2.21. The van der Waals surface area contributed by atoms with Crippen LogP contribution in [0, 0.1) is 0 Å². The van der Waals surface area contributed by atoms with Gasteiger partial charge in [-0.3, -0.25) is 0 Å². The summed E-state index contributed by atoms with van der Waals surface area (Å²) in [6.45, 7) is 7.39. The van der Waals surface area contributed by atoms with Gasteiger partial charge in [0.1, 0.15) is 22.7 Å². The molecule has 0 saturated heterocycles. The first-order valence-electron chi connectivity index (χ1n) is 12.7. The Balaban J connectivity index is 1.43. The van der Waals surface area contributed by atoms with E-state index in [4.69, 9.17) is 14.8 Å². The summed E-state index contributed by atoms with van der Waals surface area (Å²) in [6, 6.07) is 24.3. The zero-order valence-electron chi connectivity index (χ0n) is 22.0. The Kier molecular flexibility index (Phi) is 5.83. The first-order chi connectivity index (χ1) is 18.3. The number of aromatic nitrogens is 4. The van der Waals surface area contributed by atoms with E-state index in [0.29, 0.717) is 5.75 Å². The lowest BCUT2D eigenvalue weighted by molar-refractivity contribution is 0.479. The number of pyridine rings is 2. The second-order valence-electron chi connectivity index (χ2n) is 10.6. The van der Waals surface area contributed by atoms with Crippen LogP contribution in [0.25, 0.3) is 28.1 Å². The number of fused-ring (bicyclic) bond motifs is 1. The van der Waals surface area contributed by atoms with Crippen molar-refractivity contribution in [2.75, 3.05) is 18.6 Å². The summed E-state index contributed by atoms with van der Waals surface area (Å²) in [7, 11) is 2.05. The van der Waals surface area contributed by atoms with Gasteiger partial charge in [0.2, 0.25) is 0 Å². The second-order valence-corrected chi connectivity index (χ2v) is 10.6. The van der Waals surface area contributed by atoms with E-state index in [9.17, 15) is 0 Å². The summed E-state index contributed by atoms with van der Waals surface area (Å²) in [5, 5.41) is 4.99. The molecule has 0 saturated carbocycles. The molecule has 1 aliphatic heterocycles. The van der Waals surface area contributed by atoms with Crippen LogP contribution in [0.3, 0.4) is 0 Å². The maximum absolute atomic E-state index is 6.31. The van der Waals surface area contributed by atoms with Crippen molar-refractivity contribution < 1.29 is 4.74 Å². The Bertz CT molecular complexity index is 1630. The van der Waals surface area contributed by atoms with Crippen molar-refractivity contribution in [2.45, 2.75) is 26.2 Å². The summed E-state index contributed by atoms with van der Waals surface area (Å²) in [5.41, 5.74) is 5.68. The molecule has 0 aliphatic carbocycles. The minimum Gasteiger partial charge on any atom is -0.456 e. The Morgan fingerprint density at radius 2 is 1.68 bits per heavy atom. The largest absolute Gasteiger partial charge is 0.456 e. The number of rotatable bonds is 5. The van der Waals surface area contributed by atoms with Gasteiger partial charge in [0, 0.05) is 49.0 Å². The maximum Gasteiger partial charge on any atom is 0.154 e. The molecule has 0 N–H and O–H groups in total. The van der Waals surface area contributed by atoms with Crippen molar-refractivity contribution in [3.05, 3.63) is 103 Å². The maximum atomic E-state index is 6.31. The van der Waals surface area contributed by atoms with Crippen LogP contribution in [-0.4, -0.2) is 38.4 Å². The molecule has 0 radical (unpaired) electrons. The van der Waals surface area contributed by atoms with Crippen molar-refractivity contribution in [1.82, 2.24) is 24.6 Å². The van der Waals surface area contributed by atoms with Crippen LogP contribution in [0.5, 0.6) is 11.5 Å². The van der Waals surface area contributed by atoms with Crippen LogP contribution < -0.4 is 9.64 Å². The number of anilines is 1. The molecule has 5 aromatic rings. The summed E-state index contributed by atoms with van der Waals surface area (Å²) in [6.07, 6.45) is 7.72. The molecule has 6 rings (SSSR count). The van der Waals surface area contributed by atoms with Gasteiger partial charge in [-0.15, -0.1) is 0 Å². The normalized spacial score (nSPS) is 13.5. The predicted octanol–water partition coefficient (Wildman–Crippen LogP) is 6.75. The van der Waals surface area contributed by atoms with Crippen molar-refractivity contribution in [2.24, 2.45) is 0 Å². The van der Waals surface area contributed by atoms with E-state index in [2.05, 4.69) is 73.2 Å². The highest BCUT2D eigenvalue weighted by Crippen LogP contribution is 2.33. The zero-order chi connectivity index (χ0) is 26.3. The molecule has 0 bridgehead atoms. The van der Waals surface area contributed by atoms with Gasteiger partial charge in [0.25, 0.3) is 0 Å². The summed E-state index contributed by atoms with van der Waals surface area (Å²) < 4.78 is 8.18. The third-order valence-electron chi connectivity index (χ3n) is 6.63. The molecule has 0 amide bonds. The van der Waals surface area contributed by atoms with Gasteiger partial charge in [0.15, 0.2) is 5.82 Å². The molecule has 4 heterocycles. The topological polar surface area (TPSA) is 59.3 Å². The lowest BCUT2D eigenvalue weighted by atomic mass is 9.88. The van der Waals surface area contributed by atoms with Crippen LogP contribution in [-0.2, 0) is 5.41 Å². The summed E-state index contributed by atoms with van der Waals surface area (Å²) in [4.78, 5) is 13.8. The highest BCUT2D eigenvalue weighted by Gasteiger charge is 2.20. The highest BCUT2D eigenvalue weighted by molar-refractivity contribution is 5.91. The number of nitrogens with zero attached hydrogens (tertiary/aromatic N) is 6. The van der Waals surface area contributed by atoms with Crippen LogP contribution in [0.2, 0.25) is 0 Å². The van der Waals surface area contributed by atoms with Crippen molar-refractivity contribution in [3.8, 4) is 28.6 Å².